The lowest BCUT2D eigenvalue weighted by molar-refractivity contribution is -0.117. The average Bonchev–Trinajstić information content (AvgIpc) is 2.66. The molecule has 0 spiro atoms. The highest BCUT2D eigenvalue weighted by molar-refractivity contribution is 5.97. The monoisotopic (exact) mass is 351 g/mol. The average molecular weight is 351 g/mol. The molecule has 2 saturated heterocycles. The predicted molar refractivity (Wildman–Crippen MR) is 93.8 cm³/mol. The van der Waals surface area contributed by atoms with E-state index in [1.165, 1.54) is 6.20 Å². The number of nitrogens with one attached hydrogen (secondary N) is 2. The van der Waals surface area contributed by atoms with Crippen LogP contribution in [-0.2, 0) is 14.3 Å². The zero-order valence-corrected chi connectivity index (χ0v) is 14.8. The van der Waals surface area contributed by atoms with Gasteiger partial charge in [-0.1, -0.05) is 0 Å². The SMILES string of the molecule is N#C/C(=C/NCCCN1CCOCC1)C(=O)NCCN1CCOCC1. The van der Waals surface area contributed by atoms with Gasteiger partial charge in [0.1, 0.15) is 11.6 Å². The van der Waals surface area contributed by atoms with Crippen LogP contribution in [0.1, 0.15) is 6.42 Å². The molecule has 0 atom stereocenters. The molecule has 2 fully saturated rings. The van der Waals surface area contributed by atoms with Crippen molar-refractivity contribution in [1.82, 2.24) is 20.4 Å². The van der Waals surface area contributed by atoms with Crippen LogP contribution in [0.25, 0.3) is 0 Å². The van der Waals surface area contributed by atoms with Crippen LogP contribution < -0.4 is 10.6 Å². The third kappa shape index (κ3) is 7.84. The van der Waals surface area contributed by atoms with Crippen molar-refractivity contribution in [3.63, 3.8) is 0 Å². The quantitative estimate of drug-likeness (QED) is 0.318. The highest BCUT2D eigenvalue weighted by atomic mass is 16.5. The highest BCUT2D eigenvalue weighted by Crippen LogP contribution is 1.98. The fraction of sp³-hybridized carbons (Fsp3) is 0.765. The Balaban J connectivity index is 1.57. The number of ether oxygens (including phenoxy) is 2. The molecule has 8 nitrogen and oxygen atoms in total. The summed E-state index contributed by atoms with van der Waals surface area (Å²) in [6, 6.07) is 1.96. The molecule has 0 aromatic rings. The number of hydrogen-bond donors (Lipinski definition) is 2. The maximum Gasteiger partial charge on any atom is 0.263 e. The largest absolute Gasteiger partial charge is 0.390 e. The zero-order valence-electron chi connectivity index (χ0n) is 14.8. The fourth-order valence-electron chi connectivity index (χ4n) is 2.80. The molecule has 2 aliphatic rings. The maximum atomic E-state index is 12.0. The van der Waals surface area contributed by atoms with Crippen molar-refractivity contribution in [2.75, 3.05) is 78.8 Å². The molecule has 0 aromatic carbocycles. The van der Waals surface area contributed by atoms with Crippen LogP contribution in [0, 0.1) is 11.3 Å². The van der Waals surface area contributed by atoms with Crippen molar-refractivity contribution in [2.45, 2.75) is 6.42 Å². The summed E-state index contributed by atoms with van der Waals surface area (Å²) >= 11 is 0. The van der Waals surface area contributed by atoms with Crippen molar-refractivity contribution in [3.8, 4) is 6.07 Å². The van der Waals surface area contributed by atoms with Crippen molar-refractivity contribution in [2.24, 2.45) is 0 Å². The summed E-state index contributed by atoms with van der Waals surface area (Å²) < 4.78 is 10.6. The molecule has 0 unspecified atom stereocenters. The van der Waals surface area contributed by atoms with E-state index in [0.717, 1.165) is 78.7 Å². The van der Waals surface area contributed by atoms with Gasteiger partial charge < -0.3 is 20.1 Å². The first-order chi connectivity index (χ1) is 12.3. The molecule has 0 aliphatic carbocycles. The molecule has 2 heterocycles. The number of morpholine rings is 2. The van der Waals surface area contributed by atoms with Crippen molar-refractivity contribution < 1.29 is 14.3 Å². The predicted octanol–water partition coefficient (Wildman–Crippen LogP) is -0.846. The number of hydrogen-bond acceptors (Lipinski definition) is 7. The summed E-state index contributed by atoms with van der Waals surface area (Å²) in [6.45, 7) is 9.88. The van der Waals surface area contributed by atoms with Crippen molar-refractivity contribution in [3.05, 3.63) is 11.8 Å². The Morgan fingerprint density at radius 1 is 1.00 bits per heavy atom. The third-order valence-electron chi connectivity index (χ3n) is 4.33. The fourth-order valence-corrected chi connectivity index (χ4v) is 2.80. The van der Waals surface area contributed by atoms with E-state index < -0.39 is 0 Å². The summed E-state index contributed by atoms with van der Waals surface area (Å²) in [7, 11) is 0. The number of rotatable bonds is 9. The van der Waals surface area contributed by atoms with Gasteiger partial charge >= 0.3 is 0 Å². The van der Waals surface area contributed by atoms with Crippen molar-refractivity contribution in [1.29, 1.82) is 5.26 Å². The lowest BCUT2D eigenvalue weighted by Gasteiger charge is -2.26. The van der Waals surface area contributed by atoms with Crippen LogP contribution in [0.3, 0.4) is 0 Å². The number of carbonyl (C=O) groups excluding carboxylic acids is 1. The second-order valence-electron chi connectivity index (χ2n) is 6.14. The second-order valence-corrected chi connectivity index (χ2v) is 6.14. The summed E-state index contributed by atoms with van der Waals surface area (Å²) in [5.74, 6) is -0.323. The van der Waals surface area contributed by atoms with E-state index in [0.29, 0.717) is 6.54 Å². The van der Waals surface area contributed by atoms with Gasteiger partial charge in [-0.2, -0.15) is 5.26 Å². The van der Waals surface area contributed by atoms with Crippen LogP contribution in [-0.4, -0.2) is 94.5 Å². The molecule has 140 valence electrons. The van der Waals surface area contributed by atoms with Crippen LogP contribution in [0.5, 0.6) is 0 Å². The number of nitrogens with zero attached hydrogens (tertiary/aromatic N) is 3. The lowest BCUT2D eigenvalue weighted by Crippen LogP contribution is -2.41. The summed E-state index contributed by atoms with van der Waals surface area (Å²) in [5.41, 5.74) is 0.119. The Kier molecular flexibility index (Phi) is 9.29. The second kappa shape index (κ2) is 11.8. The van der Waals surface area contributed by atoms with Gasteiger partial charge in [0, 0.05) is 52.0 Å². The first-order valence-electron chi connectivity index (χ1n) is 9.01. The van der Waals surface area contributed by atoms with Crippen molar-refractivity contribution >= 4 is 5.91 Å². The molecule has 0 bridgehead atoms. The minimum absolute atomic E-state index is 0.119. The van der Waals surface area contributed by atoms with Gasteiger partial charge in [0.25, 0.3) is 5.91 Å². The highest BCUT2D eigenvalue weighted by Gasteiger charge is 2.12. The molecule has 0 radical (unpaired) electrons. The minimum Gasteiger partial charge on any atom is -0.390 e. The molecule has 0 aromatic heterocycles. The molecule has 8 heteroatoms. The molecule has 2 rings (SSSR count). The van der Waals surface area contributed by atoms with E-state index in [1.807, 2.05) is 6.07 Å². The van der Waals surface area contributed by atoms with Crippen LogP contribution in [0.4, 0.5) is 0 Å². The van der Waals surface area contributed by atoms with Crippen LogP contribution in [0.15, 0.2) is 11.8 Å². The molecular weight excluding hydrogens is 322 g/mol. The Bertz CT molecular complexity index is 465. The zero-order chi connectivity index (χ0) is 17.7. The molecule has 25 heavy (non-hydrogen) atoms. The Morgan fingerprint density at radius 3 is 2.20 bits per heavy atom. The maximum absolute atomic E-state index is 12.0. The summed E-state index contributed by atoms with van der Waals surface area (Å²) in [6.07, 6.45) is 2.48. The van der Waals surface area contributed by atoms with E-state index in [9.17, 15) is 4.79 Å². The molecule has 1 amide bonds. The van der Waals surface area contributed by atoms with Crippen LogP contribution in [0.2, 0.25) is 0 Å². The Labute approximate surface area is 149 Å². The number of carbonyl (C=O) groups is 1. The summed E-state index contributed by atoms with van der Waals surface area (Å²) in [4.78, 5) is 16.6. The van der Waals surface area contributed by atoms with Gasteiger partial charge in [0.05, 0.1) is 26.4 Å². The van der Waals surface area contributed by atoms with Gasteiger partial charge in [-0.3, -0.25) is 14.6 Å². The third-order valence-corrected chi connectivity index (χ3v) is 4.33. The number of amides is 1. The first-order valence-corrected chi connectivity index (χ1v) is 9.01. The Morgan fingerprint density at radius 2 is 1.60 bits per heavy atom. The van der Waals surface area contributed by atoms with Gasteiger partial charge in [0.15, 0.2) is 0 Å². The smallest absolute Gasteiger partial charge is 0.263 e. The molecule has 0 saturated carbocycles. The minimum atomic E-state index is -0.323. The van der Waals surface area contributed by atoms with Crippen LogP contribution >= 0.6 is 0 Å². The van der Waals surface area contributed by atoms with Gasteiger partial charge in [-0.15, -0.1) is 0 Å². The number of nitriles is 1. The molecule has 2 aliphatic heterocycles. The normalized spacial score (nSPS) is 20.0. The van der Waals surface area contributed by atoms with E-state index in [2.05, 4.69) is 20.4 Å². The van der Waals surface area contributed by atoms with E-state index in [4.69, 9.17) is 14.7 Å². The van der Waals surface area contributed by atoms with Gasteiger partial charge in [-0.05, 0) is 13.0 Å². The van der Waals surface area contributed by atoms with E-state index in [1.54, 1.807) is 0 Å². The topological polar surface area (TPSA) is 89.9 Å². The van der Waals surface area contributed by atoms with E-state index >= 15 is 0 Å². The Hall–Kier alpha value is -1.66. The standard InChI is InChI=1S/C17H29N5O3/c18-14-16(15-19-2-1-4-21-6-10-24-11-7-21)17(23)20-3-5-22-8-12-25-13-9-22/h15,19H,1-13H2,(H,20,23)/b16-15-. The van der Waals surface area contributed by atoms with Gasteiger partial charge in [0.2, 0.25) is 0 Å². The van der Waals surface area contributed by atoms with E-state index in [-0.39, 0.29) is 11.5 Å². The molecular formula is C17H29N5O3. The lowest BCUT2D eigenvalue weighted by atomic mass is 10.3. The van der Waals surface area contributed by atoms with Gasteiger partial charge in [-0.25, -0.2) is 0 Å². The summed E-state index contributed by atoms with van der Waals surface area (Å²) in [5, 5.41) is 15.0. The molecule has 2 N–H and O–H groups in total. The first kappa shape index (κ1) is 19.7.